The molecule has 1 fully saturated rings. The van der Waals surface area contributed by atoms with Crippen LogP contribution < -0.4 is 16.0 Å². The summed E-state index contributed by atoms with van der Waals surface area (Å²) < 4.78 is 5.36. The van der Waals surface area contributed by atoms with Gasteiger partial charge in [-0.15, -0.1) is 0 Å². The fraction of sp³-hybridized carbons (Fsp3) is 0.323. The Morgan fingerprint density at radius 1 is 0.975 bits per heavy atom. The van der Waals surface area contributed by atoms with E-state index in [2.05, 4.69) is 25.9 Å². The van der Waals surface area contributed by atoms with Crippen LogP contribution in [0.5, 0.6) is 0 Å². The lowest BCUT2D eigenvalue weighted by atomic mass is 9.62. The zero-order chi connectivity index (χ0) is 28.0. The minimum Gasteiger partial charge on any atom is -0.464 e. The summed E-state index contributed by atoms with van der Waals surface area (Å²) in [4.78, 5) is 46.1. The molecule has 2 aliphatic carbocycles. The molecule has 2 aliphatic rings. The van der Waals surface area contributed by atoms with E-state index >= 15 is 0 Å². The molecule has 0 radical (unpaired) electrons. The number of anilines is 3. The lowest BCUT2D eigenvalue weighted by Crippen LogP contribution is -2.52. The van der Waals surface area contributed by atoms with Gasteiger partial charge in [-0.1, -0.05) is 31.4 Å². The van der Waals surface area contributed by atoms with Crippen LogP contribution in [0.25, 0.3) is 0 Å². The molecule has 1 spiro atoms. The van der Waals surface area contributed by atoms with Gasteiger partial charge in [-0.2, -0.15) is 0 Å². The highest BCUT2D eigenvalue weighted by Gasteiger charge is 2.49. The minimum atomic E-state index is -0.591. The summed E-state index contributed by atoms with van der Waals surface area (Å²) in [5.41, 5.74) is 3.83. The maximum atomic E-state index is 12.9. The highest BCUT2D eigenvalue weighted by atomic mass is 16.5. The summed E-state index contributed by atoms with van der Waals surface area (Å²) in [5.74, 6) is -0.447. The van der Waals surface area contributed by atoms with E-state index in [4.69, 9.17) is 4.74 Å². The van der Waals surface area contributed by atoms with E-state index < -0.39 is 11.5 Å². The van der Waals surface area contributed by atoms with Crippen molar-refractivity contribution in [3.63, 3.8) is 0 Å². The quantitative estimate of drug-likeness (QED) is 0.309. The molecule has 2 aromatic heterocycles. The number of allylic oxidation sites excluding steroid dienone is 2. The van der Waals surface area contributed by atoms with E-state index in [1.165, 1.54) is 6.20 Å². The van der Waals surface area contributed by atoms with Gasteiger partial charge in [0.2, 0.25) is 0 Å². The number of esters is 1. The third-order valence-electron chi connectivity index (χ3n) is 7.54. The summed E-state index contributed by atoms with van der Waals surface area (Å²) in [6.45, 7) is 2.07. The van der Waals surface area contributed by atoms with Gasteiger partial charge in [0.1, 0.15) is 6.04 Å². The fourth-order valence-corrected chi connectivity index (χ4v) is 5.35. The first-order valence-corrected chi connectivity index (χ1v) is 13.7. The van der Waals surface area contributed by atoms with Gasteiger partial charge in [-0.05, 0) is 55.7 Å². The fourth-order valence-electron chi connectivity index (χ4n) is 5.35. The predicted octanol–water partition coefficient (Wildman–Crippen LogP) is 4.95. The van der Waals surface area contributed by atoms with E-state index in [1.807, 2.05) is 24.3 Å². The van der Waals surface area contributed by atoms with Crippen molar-refractivity contribution >= 4 is 34.7 Å². The second-order valence-corrected chi connectivity index (χ2v) is 10.2. The number of hydrogen-bond donors (Lipinski definition) is 3. The SMILES string of the molecule is CCOC(=O)[C@H](Cc1ccc(Nc2ccncc2NC(=O)c2cccnc2)cc1)NC1=CC(=O)C12CCCCC2. The molecule has 1 atom stereocenters. The molecule has 206 valence electrons. The van der Waals surface area contributed by atoms with E-state index in [0.29, 0.717) is 23.4 Å². The molecule has 1 amide bonds. The number of hydrogen-bond acceptors (Lipinski definition) is 8. The standard InChI is InChI=1S/C31H33N5O4/c1-2-40-30(39)25(35-27-18-28(37)31(27)13-4-3-5-14-31)17-21-8-10-23(11-9-21)34-24-12-16-33-20-26(24)36-29(38)22-7-6-15-32-19-22/h6-12,15-16,18-20,25,35H,2-5,13-14,17H2,1H3,(H,33,34)(H,36,38)/t25-/m0/s1. The first kappa shape index (κ1) is 27.1. The zero-order valence-electron chi connectivity index (χ0n) is 22.5. The molecule has 3 N–H and O–H groups in total. The number of rotatable bonds is 10. The van der Waals surface area contributed by atoms with Gasteiger partial charge in [0, 0.05) is 42.5 Å². The third kappa shape index (κ3) is 5.88. The van der Waals surface area contributed by atoms with E-state index in [1.54, 1.807) is 49.8 Å². The second kappa shape index (κ2) is 12.1. The van der Waals surface area contributed by atoms with E-state index in [-0.39, 0.29) is 24.3 Å². The molecular weight excluding hydrogens is 506 g/mol. The Balaban J connectivity index is 1.26. The molecule has 1 aromatic carbocycles. The van der Waals surface area contributed by atoms with Gasteiger partial charge in [0.05, 0.1) is 35.2 Å². The lowest BCUT2D eigenvalue weighted by Gasteiger charge is -2.44. The van der Waals surface area contributed by atoms with Gasteiger partial charge in [-0.3, -0.25) is 19.6 Å². The first-order chi connectivity index (χ1) is 19.5. The summed E-state index contributed by atoms with van der Waals surface area (Å²) in [7, 11) is 0. The van der Waals surface area contributed by atoms with Crippen LogP contribution in [0.3, 0.4) is 0 Å². The molecule has 5 rings (SSSR count). The number of ether oxygens (including phenoxy) is 1. The molecule has 0 unspecified atom stereocenters. The average molecular weight is 540 g/mol. The van der Waals surface area contributed by atoms with Crippen LogP contribution in [0.2, 0.25) is 0 Å². The Morgan fingerprint density at radius 2 is 1.75 bits per heavy atom. The minimum absolute atomic E-state index is 0.167. The van der Waals surface area contributed by atoms with Crippen molar-refractivity contribution in [2.24, 2.45) is 5.41 Å². The molecule has 9 nitrogen and oxygen atoms in total. The Hall–Kier alpha value is -4.53. The molecule has 0 aliphatic heterocycles. The van der Waals surface area contributed by atoms with Gasteiger partial charge in [0.15, 0.2) is 5.78 Å². The molecule has 0 bridgehead atoms. The molecular formula is C31H33N5O4. The molecule has 0 saturated heterocycles. The number of amides is 1. The Morgan fingerprint density at radius 3 is 2.45 bits per heavy atom. The molecule has 40 heavy (non-hydrogen) atoms. The highest BCUT2D eigenvalue weighted by molar-refractivity contribution is 6.06. The number of pyridine rings is 2. The van der Waals surface area contributed by atoms with Crippen LogP contribution in [-0.4, -0.2) is 40.3 Å². The number of ketones is 1. The van der Waals surface area contributed by atoms with Gasteiger partial charge >= 0.3 is 5.97 Å². The van der Waals surface area contributed by atoms with Crippen molar-refractivity contribution in [3.8, 4) is 0 Å². The van der Waals surface area contributed by atoms with Gasteiger partial charge in [-0.25, -0.2) is 4.79 Å². The van der Waals surface area contributed by atoms with E-state index in [9.17, 15) is 14.4 Å². The second-order valence-electron chi connectivity index (χ2n) is 10.2. The van der Waals surface area contributed by atoms with Crippen molar-refractivity contribution in [2.45, 2.75) is 51.5 Å². The average Bonchev–Trinajstić information content (AvgIpc) is 2.99. The number of nitrogens with zero attached hydrogens (tertiary/aromatic N) is 2. The number of nitrogens with one attached hydrogen (secondary N) is 3. The molecule has 1 saturated carbocycles. The zero-order valence-corrected chi connectivity index (χ0v) is 22.5. The molecule has 9 heteroatoms. The Bertz CT molecular complexity index is 1400. The number of benzene rings is 1. The van der Waals surface area contributed by atoms with Crippen LogP contribution in [-0.2, 0) is 20.7 Å². The summed E-state index contributed by atoms with van der Waals surface area (Å²) >= 11 is 0. The number of carbonyl (C=O) groups excluding carboxylic acids is 3. The van der Waals surface area contributed by atoms with Crippen LogP contribution >= 0.6 is 0 Å². The number of carbonyl (C=O) groups is 3. The van der Waals surface area contributed by atoms with Crippen molar-refractivity contribution in [3.05, 3.63) is 90.2 Å². The first-order valence-electron chi connectivity index (χ1n) is 13.7. The number of aromatic nitrogens is 2. The largest absolute Gasteiger partial charge is 0.464 e. The van der Waals surface area contributed by atoms with Crippen molar-refractivity contribution in [2.75, 3.05) is 17.2 Å². The van der Waals surface area contributed by atoms with Gasteiger partial charge < -0.3 is 20.7 Å². The molecule has 3 aromatic rings. The van der Waals surface area contributed by atoms with Crippen molar-refractivity contribution < 1.29 is 19.1 Å². The summed E-state index contributed by atoms with van der Waals surface area (Å²) in [6, 6.07) is 12.3. The van der Waals surface area contributed by atoms with Crippen molar-refractivity contribution in [1.29, 1.82) is 0 Å². The summed E-state index contributed by atoms with van der Waals surface area (Å²) in [6.07, 6.45) is 13.3. The van der Waals surface area contributed by atoms with Crippen LogP contribution in [0.1, 0.15) is 54.9 Å². The topological polar surface area (TPSA) is 122 Å². The highest BCUT2D eigenvalue weighted by Crippen LogP contribution is 2.48. The smallest absolute Gasteiger partial charge is 0.328 e. The van der Waals surface area contributed by atoms with Crippen LogP contribution in [0, 0.1) is 5.41 Å². The summed E-state index contributed by atoms with van der Waals surface area (Å²) in [5, 5.41) is 9.57. The Labute approximate surface area is 233 Å². The maximum absolute atomic E-state index is 12.9. The maximum Gasteiger partial charge on any atom is 0.328 e. The van der Waals surface area contributed by atoms with Crippen LogP contribution in [0.15, 0.2) is 79.0 Å². The van der Waals surface area contributed by atoms with Gasteiger partial charge in [0.25, 0.3) is 5.91 Å². The van der Waals surface area contributed by atoms with Crippen LogP contribution in [0.4, 0.5) is 17.1 Å². The normalized spacial score (nSPS) is 16.3. The van der Waals surface area contributed by atoms with E-state index in [0.717, 1.165) is 49.1 Å². The lowest BCUT2D eigenvalue weighted by molar-refractivity contribution is -0.146. The monoisotopic (exact) mass is 539 g/mol. The third-order valence-corrected chi connectivity index (χ3v) is 7.54. The van der Waals surface area contributed by atoms with Crippen molar-refractivity contribution in [1.82, 2.24) is 15.3 Å². The predicted molar refractivity (Wildman–Crippen MR) is 152 cm³/mol. The molecule has 2 heterocycles. The Kier molecular flexibility index (Phi) is 8.19.